The molecule has 0 radical (unpaired) electrons. The first-order chi connectivity index (χ1) is 10.2. The highest BCUT2D eigenvalue weighted by atomic mass is 16.5. The molecule has 0 atom stereocenters. The molecule has 4 nitrogen and oxygen atoms in total. The van der Waals surface area contributed by atoms with Crippen LogP contribution in [-0.4, -0.2) is 25.7 Å². The van der Waals surface area contributed by atoms with Crippen molar-refractivity contribution < 1.29 is 9.53 Å². The van der Waals surface area contributed by atoms with Crippen LogP contribution >= 0.6 is 0 Å². The number of nitriles is 1. The summed E-state index contributed by atoms with van der Waals surface area (Å²) in [6, 6.07) is 9.69. The summed E-state index contributed by atoms with van der Waals surface area (Å²) in [5.74, 6) is -0.562. The van der Waals surface area contributed by atoms with E-state index in [1.165, 1.54) is 0 Å². The van der Waals surface area contributed by atoms with Crippen LogP contribution in [0.1, 0.15) is 32.8 Å². The zero-order valence-corrected chi connectivity index (χ0v) is 12.9. The average molecular weight is 286 g/mol. The molecule has 0 spiro atoms. The topological polar surface area (TPSA) is 53.3 Å². The Bertz CT molecular complexity index is 540. The van der Waals surface area contributed by atoms with Crippen molar-refractivity contribution in [3.8, 4) is 6.07 Å². The third-order valence-corrected chi connectivity index (χ3v) is 3.09. The lowest BCUT2D eigenvalue weighted by atomic mass is 10.1. The molecular formula is C17H22N2O2. The Morgan fingerprint density at radius 2 is 2.05 bits per heavy atom. The lowest BCUT2D eigenvalue weighted by Gasteiger charge is -2.21. The molecule has 0 aliphatic rings. The van der Waals surface area contributed by atoms with Gasteiger partial charge in [-0.15, -0.1) is 0 Å². The highest BCUT2D eigenvalue weighted by molar-refractivity contribution is 5.98. The van der Waals surface area contributed by atoms with Crippen molar-refractivity contribution in [2.75, 3.05) is 24.6 Å². The molecule has 0 saturated carbocycles. The van der Waals surface area contributed by atoms with Crippen molar-refractivity contribution >= 4 is 17.7 Å². The van der Waals surface area contributed by atoms with Gasteiger partial charge in [-0.05, 0) is 44.0 Å². The van der Waals surface area contributed by atoms with Crippen LogP contribution in [0.4, 0.5) is 5.69 Å². The van der Waals surface area contributed by atoms with Crippen LogP contribution in [0, 0.1) is 11.3 Å². The fourth-order valence-corrected chi connectivity index (χ4v) is 1.98. The van der Waals surface area contributed by atoms with Gasteiger partial charge >= 0.3 is 5.97 Å². The van der Waals surface area contributed by atoms with Gasteiger partial charge in [-0.3, -0.25) is 0 Å². The summed E-state index contributed by atoms with van der Waals surface area (Å²) in [7, 11) is 0. The summed E-state index contributed by atoms with van der Waals surface area (Å²) in [6.45, 7) is 8.25. The van der Waals surface area contributed by atoms with Crippen LogP contribution in [0.3, 0.4) is 0 Å². The fraction of sp³-hybridized carbons (Fsp3) is 0.412. The van der Waals surface area contributed by atoms with Gasteiger partial charge in [0.15, 0.2) is 0 Å². The Morgan fingerprint density at radius 3 is 2.62 bits per heavy atom. The molecule has 1 aromatic carbocycles. The second-order valence-electron chi connectivity index (χ2n) is 4.57. The summed E-state index contributed by atoms with van der Waals surface area (Å²) in [5.41, 5.74) is 1.93. The van der Waals surface area contributed by atoms with E-state index in [2.05, 4.69) is 18.7 Å². The number of hydrogen-bond acceptors (Lipinski definition) is 4. The van der Waals surface area contributed by atoms with E-state index < -0.39 is 5.97 Å². The van der Waals surface area contributed by atoms with Crippen LogP contribution in [0.2, 0.25) is 0 Å². The van der Waals surface area contributed by atoms with Crippen LogP contribution in [0.25, 0.3) is 6.08 Å². The van der Waals surface area contributed by atoms with E-state index in [9.17, 15) is 4.79 Å². The van der Waals surface area contributed by atoms with Crippen molar-refractivity contribution in [2.45, 2.75) is 27.2 Å². The average Bonchev–Trinajstić information content (AvgIpc) is 2.52. The second kappa shape index (κ2) is 8.80. The van der Waals surface area contributed by atoms with E-state index in [1.54, 1.807) is 6.08 Å². The van der Waals surface area contributed by atoms with Crippen molar-refractivity contribution in [1.82, 2.24) is 0 Å². The first-order valence-corrected chi connectivity index (χ1v) is 7.30. The van der Waals surface area contributed by atoms with Crippen molar-refractivity contribution in [3.05, 3.63) is 35.4 Å². The Kier molecular flexibility index (Phi) is 7.03. The molecule has 1 rings (SSSR count). The molecule has 4 heteroatoms. The van der Waals surface area contributed by atoms with Gasteiger partial charge in [-0.2, -0.15) is 5.26 Å². The van der Waals surface area contributed by atoms with E-state index in [0.29, 0.717) is 6.61 Å². The van der Waals surface area contributed by atoms with Crippen LogP contribution in [0.15, 0.2) is 29.8 Å². The van der Waals surface area contributed by atoms with Gasteiger partial charge in [-0.1, -0.05) is 19.1 Å². The van der Waals surface area contributed by atoms with Gasteiger partial charge in [0.05, 0.1) is 6.61 Å². The minimum Gasteiger partial charge on any atom is -0.462 e. The third-order valence-electron chi connectivity index (χ3n) is 3.09. The standard InChI is InChI=1S/C17H22N2O2/c1-4-10-21-17(20)15(13-18)11-14-8-7-9-16(12-14)19(5-2)6-3/h7-9,11-12H,4-6,10H2,1-3H3/b15-11+. The first-order valence-electron chi connectivity index (χ1n) is 7.30. The van der Waals surface area contributed by atoms with E-state index in [1.807, 2.05) is 37.3 Å². The quantitative estimate of drug-likeness (QED) is 0.438. The zero-order chi connectivity index (χ0) is 15.7. The summed E-state index contributed by atoms with van der Waals surface area (Å²) in [5, 5.41) is 9.10. The maximum absolute atomic E-state index is 11.7. The van der Waals surface area contributed by atoms with E-state index in [4.69, 9.17) is 10.00 Å². The predicted molar refractivity (Wildman–Crippen MR) is 84.8 cm³/mol. The highest BCUT2D eigenvalue weighted by Crippen LogP contribution is 2.18. The van der Waals surface area contributed by atoms with Gasteiger partial charge < -0.3 is 9.64 Å². The summed E-state index contributed by atoms with van der Waals surface area (Å²) in [6.07, 6.45) is 2.31. The lowest BCUT2D eigenvalue weighted by molar-refractivity contribution is -0.138. The SMILES string of the molecule is CCCOC(=O)/C(C#N)=C/c1cccc(N(CC)CC)c1. The van der Waals surface area contributed by atoms with Gasteiger partial charge in [0.1, 0.15) is 11.6 Å². The van der Waals surface area contributed by atoms with E-state index in [-0.39, 0.29) is 5.57 Å². The lowest BCUT2D eigenvalue weighted by Crippen LogP contribution is -2.21. The normalized spacial score (nSPS) is 10.9. The Balaban J connectivity index is 2.99. The number of carbonyl (C=O) groups is 1. The van der Waals surface area contributed by atoms with E-state index >= 15 is 0 Å². The fourth-order valence-electron chi connectivity index (χ4n) is 1.98. The van der Waals surface area contributed by atoms with Crippen LogP contribution in [-0.2, 0) is 9.53 Å². The maximum Gasteiger partial charge on any atom is 0.348 e. The molecule has 0 unspecified atom stereocenters. The Labute approximate surface area is 126 Å². The van der Waals surface area contributed by atoms with Crippen molar-refractivity contribution in [2.24, 2.45) is 0 Å². The molecule has 0 heterocycles. The number of carbonyl (C=O) groups excluding carboxylic acids is 1. The Morgan fingerprint density at radius 1 is 1.33 bits per heavy atom. The number of esters is 1. The Hall–Kier alpha value is -2.28. The number of rotatable bonds is 7. The molecule has 0 saturated heterocycles. The molecule has 0 N–H and O–H groups in total. The molecule has 0 amide bonds. The monoisotopic (exact) mass is 286 g/mol. The molecule has 1 aromatic rings. The molecule has 0 bridgehead atoms. The number of benzene rings is 1. The first kappa shape index (κ1) is 16.8. The molecule has 0 fully saturated rings. The number of ether oxygens (including phenoxy) is 1. The smallest absolute Gasteiger partial charge is 0.348 e. The van der Waals surface area contributed by atoms with Crippen LogP contribution < -0.4 is 4.90 Å². The van der Waals surface area contributed by atoms with Gasteiger partial charge in [0.2, 0.25) is 0 Å². The summed E-state index contributed by atoms with van der Waals surface area (Å²) >= 11 is 0. The minimum atomic E-state index is -0.562. The van der Waals surface area contributed by atoms with Crippen molar-refractivity contribution in [3.63, 3.8) is 0 Å². The highest BCUT2D eigenvalue weighted by Gasteiger charge is 2.10. The van der Waals surface area contributed by atoms with Gasteiger partial charge in [0.25, 0.3) is 0 Å². The molecular weight excluding hydrogens is 264 g/mol. The van der Waals surface area contributed by atoms with Crippen molar-refractivity contribution in [1.29, 1.82) is 5.26 Å². The third kappa shape index (κ3) is 4.96. The van der Waals surface area contributed by atoms with Gasteiger partial charge in [0, 0.05) is 18.8 Å². The van der Waals surface area contributed by atoms with Crippen LogP contribution in [0.5, 0.6) is 0 Å². The molecule has 0 aromatic heterocycles. The number of anilines is 1. The minimum absolute atomic E-state index is 0.0279. The number of hydrogen-bond donors (Lipinski definition) is 0. The number of nitrogens with zero attached hydrogens (tertiary/aromatic N) is 2. The van der Waals surface area contributed by atoms with E-state index in [0.717, 1.165) is 30.8 Å². The molecule has 21 heavy (non-hydrogen) atoms. The largest absolute Gasteiger partial charge is 0.462 e. The molecule has 0 aliphatic carbocycles. The summed E-state index contributed by atoms with van der Waals surface area (Å²) in [4.78, 5) is 14.0. The molecule has 0 aliphatic heterocycles. The van der Waals surface area contributed by atoms with Gasteiger partial charge in [-0.25, -0.2) is 4.79 Å². The maximum atomic E-state index is 11.7. The predicted octanol–water partition coefficient (Wildman–Crippen LogP) is 3.39. The zero-order valence-electron chi connectivity index (χ0n) is 12.9. The second-order valence-corrected chi connectivity index (χ2v) is 4.57. The molecule has 112 valence electrons. The summed E-state index contributed by atoms with van der Waals surface area (Å²) < 4.78 is 5.00.